The van der Waals surface area contributed by atoms with Crippen LogP contribution in [0.4, 0.5) is 0 Å². The fourth-order valence-electron chi connectivity index (χ4n) is 2.98. The highest BCUT2D eigenvalue weighted by Crippen LogP contribution is 2.31. The van der Waals surface area contributed by atoms with Gasteiger partial charge in [0.05, 0.1) is 0 Å². The topological polar surface area (TPSA) is 20.3 Å². The van der Waals surface area contributed by atoms with E-state index in [0.29, 0.717) is 5.92 Å². The second-order valence-corrected chi connectivity index (χ2v) is 4.40. The number of nitrogens with zero attached hydrogens (tertiary/aromatic N) is 1. The van der Waals surface area contributed by atoms with Crippen LogP contribution in [0.1, 0.15) is 38.5 Å². The first-order valence-electron chi connectivity index (χ1n) is 5.59. The van der Waals surface area contributed by atoms with Crippen molar-refractivity contribution in [2.75, 3.05) is 13.1 Å². The van der Waals surface area contributed by atoms with E-state index in [1.807, 2.05) is 0 Å². The Morgan fingerprint density at radius 3 is 2.85 bits per heavy atom. The molecule has 2 nitrogen and oxygen atoms in total. The van der Waals surface area contributed by atoms with Crippen molar-refractivity contribution in [3.8, 4) is 0 Å². The largest absolute Gasteiger partial charge is 0.303 e. The van der Waals surface area contributed by atoms with Gasteiger partial charge in [0.25, 0.3) is 0 Å². The molecule has 2 fully saturated rings. The summed E-state index contributed by atoms with van der Waals surface area (Å²) in [5, 5.41) is 0. The number of carbonyl (C=O) groups excluding carboxylic acids is 1. The summed E-state index contributed by atoms with van der Waals surface area (Å²) in [6.07, 6.45) is 8.55. The summed E-state index contributed by atoms with van der Waals surface area (Å²) < 4.78 is 0. The second-order valence-electron chi connectivity index (χ2n) is 4.40. The molecule has 2 heteroatoms. The standard InChI is InChI=1S/C11H19NO/c13-9-6-10-4-3-8-12-7-2-1-5-11(10)12/h9-11H,1-8H2. The van der Waals surface area contributed by atoms with Crippen LogP contribution >= 0.6 is 0 Å². The Bertz CT molecular complexity index is 179. The van der Waals surface area contributed by atoms with Crippen molar-refractivity contribution in [1.29, 1.82) is 0 Å². The second kappa shape index (κ2) is 4.23. The van der Waals surface area contributed by atoms with Crippen LogP contribution in [-0.4, -0.2) is 30.3 Å². The molecule has 13 heavy (non-hydrogen) atoms. The van der Waals surface area contributed by atoms with Crippen molar-refractivity contribution in [2.45, 2.75) is 44.6 Å². The van der Waals surface area contributed by atoms with E-state index in [0.717, 1.165) is 18.7 Å². The van der Waals surface area contributed by atoms with E-state index >= 15 is 0 Å². The zero-order chi connectivity index (χ0) is 9.10. The number of carbonyl (C=O) groups is 1. The number of rotatable bonds is 2. The lowest BCUT2D eigenvalue weighted by molar-refractivity contribution is -0.109. The van der Waals surface area contributed by atoms with Gasteiger partial charge >= 0.3 is 0 Å². The predicted molar refractivity (Wildman–Crippen MR) is 52.6 cm³/mol. The van der Waals surface area contributed by atoms with Crippen molar-refractivity contribution in [2.24, 2.45) is 5.92 Å². The third-order valence-electron chi connectivity index (χ3n) is 3.63. The van der Waals surface area contributed by atoms with Gasteiger partial charge in [0.1, 0.15) is 6.29 Å². The maximum absolute atomic E-state index is 10.5. The molecular formula is C11H19NO. The smallest absolute Gasteiger partial charge is 0.120 e. The zero-order valence-corrected chi connectivity index (χ0v) is 8.24. The van der Waals surface area contributed by atoms with Crippen LogP contribution in [0.15, 0.2) is 0 Å². The van der Waals surface area contributed by atoms with Crippen molar-refractivity contribution < 1.29 is 4.79 Å². The molecule has 0 aromatic carbocycles. The lowest BCUT2D eigenvalue weighted by Gasteiger charge is -2.43. The van der Waals surface area contributed by atoms with Gasteiger partial charge in [0.15, 0.2) is 0 Å². The van der Waals surface area contributed by atoms with Crippen LogP contribution in [0.2, 0.25) is 0 Å². The molecule has 0 saturated carbocycles. The molecule has 0 aliphatic carbocycles. The summed E-state index contributed by atoms with van der Waals surface area (Å²) in [7, 11) is 0. The highest BCUT2D eigenvalue weighted by Gasteiger charge is 2.32. The van der Waals surface area contributed by atoms with Gasteiger partial charge in [-0.2, -0.15) is 0 Å². The number of aldehydes is 1. The summed E-state index contributed by atoms with van der Waals surface area (Å²) in [5.74, 6) is 0.673. The maximum Gasteiger partial charge on any atom is 0.120 e. The van der Waals surface area contributed by atoms with Gasteiger partial charge in [0, 0.05) is 12.5 Å². The molecule has 0 spiro atoms. The molecule has 74 valence electrons. The highest BCUT2D eigenvalue weighted by atomic mass is 16.1. The van der Waals surface area contributed by atoms with Crippen molar-refractivity contribution in [3.63, 3.8) is 0 Å². The molecule has 2 atom stereocenters. The SMILES string of the molecule is O=CCC1CCCN2CCCCC12. The average molecular weight is 181 g/mol. The Hall–Kier alpha value is -0.370. The van der Waals surface area contributed by atoms with Crippen LogP contribution in [0.5, 0.6) is 0 Å². The monoisotopic (exact) mass is 181 g/mol. The Morgan fingerprint density at radius 1 is 1.15 bits per heavy atom. The minimum absolute atomic E-state index is 0.673. The number of hydrogen-bond acceptors (Lipinski definition) is 2. The van der Waals surface area contributed by atoms with Crippen LogP contribution < -0.4 is 0 Å². The average Bonchev–Trinajstić information content (AvgIpc) is 2.19. The number of hydrogen-bond donors (Lipinski definition) is 0. The fraction of sp³-hybridized carbons (Fsp3) is 0.909. The zero-order valence-electron chi connectivity index (χ0n) is 8.24. The summed E-state index contributed by atoms with van der Waals surface area (Å²) in [5.41, 5.74) is 0. The summed E-state index contributed by atoms with van der Waals surface area (Å²) in [6.45, 7) is 2.56. The molecule has 0 amide bonds. The highest BCUT2D eigenvalue weighted by molar-refractivity contribution is 5.50. The lowest BCUT2D eigenvalue weighted by atomic mass is 9.82. The van der Waals surface area contributed by atoms with Crippen LogP contribution in [-0.2, 0) is 4.79 Å². The molecule has 2 rings (SSSR count). The molecule has 0 radical (unpaired) electrons. The quantitative estimate of drug-likeness (QED) is 0.606. The first kappa shape index (κ1) is 9.20. The van der Waals surface area contributed by atoms with E-state index in [1.165, 1.54) is 45.2 Å². The summed E-state index contributed by atoms with van der Waals surface area (Å²) >= 11 is 0. The first-order valence-corrected chi connectivity index (χ1v) is 5.59. The van der Waals surface area contributed by atoms with Gasteiger partial charge in [-0.25, -0.2) is 0 Å². The molecule has 0 aromatic heterocycles. The first-order chi connectivity index (χ1) is 6.42. The van der Waals surface area contributed by atoms with E-state index < -0.39 is 0 Å². The molecule has 2 aliphatic rings. The van der Waals surface area contributed by atoms with Gasteiger partial charge < -0.3 is 9.69 Å². The van der Waals surface area contributed by atoms with Gasteiger partial charge in [-0.15, -0.1) is 0 Å². The normalized spacial score (nSPS) is 35.4. The van der Waals surface area contributed by atoms with Gasteiger partial charge in [0.2, 0.25) is 0 Å². The molecule has 2 saturated heterocycles. The lowest BCUT2D eigenvalue weighted by Crippen LogP contribution is -2.47. The minimum atomic E-state index is 0.673. The molecule has 0 aromatic rings. The molecule has 0 N–H and O–H groups in total. The van der Waals surface area contributed by atoms with E-state index in [9.17, 15) is 4.79 Å². The molecule has 2 aliphatic heterocycles. The third-order valence-corrected chi connectivity index (χ3v) is 3.63. The van der Waals surface area contributed by atoms with E-state index in [-0.39, 0.29) is 0 Å². The molecular weight excluding hydrogens is 162 g/mol. The van der Waals surface area contributed by atoms with Gasteiger partial charge in [-0.05, 0) is 44.7 Å². The summed E-state index contributed by atoms with van der Waals surface area (Å²) in [6, 6.07) is 0.743. The van der Waals surface area contributed by atoms with Gasteiger partial charge in [-0.1, -0.05) is 6.42 Å². The Balaban J connectivity index is 1.98. The number of piperidine rings is 2. The van der Waals surface area contributed by atoms with Crippen molar-refractivity contribution in [3.05, 3.63) is 0 Å². The minimum Gasteiger partial charge on any atom is -0.303 e. The third kappa shape index (κ3) is 1.93. The maximum atomic E-state index is 10.5. The van der Waals surface area contributed by atoms with Crippen LogP contribution in [0.3, 0.4) is 0 Å². The Labute approximate surface area is 80.3 Å². The molecule has 2 unspecified atom stereocenters. The van der Waals surface area contributed by atoms with E-state index in [2.05, 4.69) is 4.90 Å². The fourth-order valence-corrected chi connectivity index (χ4v) is 2.98. The van der Waals surface area contributed by atoms with Crippen molar-refractivity contribution in [1.82, 2.24) is 4.90 Å². The van der Waals surface area contributed by atoms with Crippen LogP contribution in [0, 0.1) is 5.92 Å². The number of fused-ring (bicyclic) bond motifs is 1. The predicted octanol–water partition coefficient (Wildman–Crippen LogP) is 1.84. The molecule has 0 bridgehead atoms. The molecule has 2 heterocycles. The van der Waals surface area contributed by atoms with Crippen LogP contribution in [0.25, 0.3) is 0 Å². The van der Waals surface area contributed by atoms with Gasteiger partial charge in [-0.3, -0.25) is 0 Å². The Kier molecular flexibility index (Phi) is 2.99. The summed E-state index contributed by atoms with van der Waals surface area (Å²) in [4.78, 5) is 13.1. The van der Waals surface area contributed by atoms with Crippen molar-refractivity contribution >= 4 is 6.29 Å². The Morgan fingerprint density at radius 2 is 2.00 bits per heavy atom. The van der Waals surface area contributed by atoms with E-state index in [4.69, 9.17) is 0 Å². The van der Waals surface area contributed by atoms with E-state index in [1.54, 1.807) is 0 Å².